The number of carbonyl (C=O) groups is 2. The first-order valence-corrected chi connectivity index (χ1v) is 8.70. The molecule has 3 aromatic rings. The average Bonchev–Trinajstić information content (AvgIpc) is 3.39. The standard InChI is InChI=1S/C21H19N3O2/c25-20(18-9-11-23-13-18)16-3-5-17(6-4-16)21(26)24(19-7-8-19)14-15-2-1-10-22-12-15/h1-6,9-13,19,23H,7-8,14H2. The van der Waals surface area contributed by atoms with Gasteiger partial charge in [-0.25, -0.2) is 0 Å². The van der Waals surface area contributed by atoms with Gasteiger partial charge in [0.2, 0.25) is 0 Å². The van der Waals surface area contributed by atoms with Gasteiger partial charge in [0.25, 0.3) is 5.91 Å². The molecule has 1 saturated carbocycles. The number of hydrogen-bond acceptors (Lipinski definition) is 3. The summed E-state index contributed by atoms with van der Waals surface area (Å²) in [4.78, 5) is 34.2. The number of ketones is 1. The second-order valence-corrected chi connectivity index (χ2v) is 6.53. The fraction of sp³-hybridized carbons (Fsp3) is 0.190. The fourth-order valence-electron chi connectivity index (χ4n) is 3.00. The van der Waals surface area contributed by atoms with Crippen LogP contribution in [0.2, 0.25) is 0 Å². The van der Waals surface area contributed by atoms with Gasteiger partial charge in [-0.05, 0) is 42.7 Å². The lowest BCUT2D eigenvalue weighted by atomic mass is 10.0. The van der Waals surface area contributed by atoms with Gasteiger partial charge in [-0.1, -0.05) is 18.2 Å². The summed E-state index contributed by atoms with van der Waals surface area (Å²) in [5, 5.41) is 0. The molecule has 0 bridgehead atoms. The number of pyridine rings is 1. The highest BCUT2D eigenvalue weighted by Gasteiger charge is 2.33. The van der Waals surface area contributed by atoms with Crippen LogP contribution in [-0.4, -0.2) is 32.6 Å². The van der Waals surface area contributed by atoms with Gasteiger partial charge >= 0.3 is 0 Å². The third kappa shape index (κ3) is 3.42. The molecule has 1 aliphatic rings. The second-order valence-electron chi connectivity index (χ2n) is 6.53. The van der Waals surface area contributed by atoms with E-state index in [-0.39, 0.29) is 11.7 Å². The lowest BCUT2D eigenvalue weighted by Crippen LogP contribution is -2.32. The Bertz CT molecular complexity index is 898. The molecule has 1 fully saturated rings. The van der Waals surface area contributed by atoms with Crippen LogP contribution in [0.4, 0.5) is 0 Å². The van der Waals surface area contributed by atoms with E-state index in [0.717, 1.165) is 18.4 Å². The van der Waals surface area contributed by atoms with Crippen molar-refractivity contribution in [1.29, 1.82) is 0 Å². The molecule has 0 unspecified atom stereocenters. The summed E-state index contributed by atoms with van der Waals surface area (Å²) in [6.45, 7) is 0.557. The van der Waals surface area contributed by atoms with Crippen LogP contribution in [0.1, 0.15) is 44.7 Å². The highest BCUT2D eigenvalue weighted by Crippen LogP contribution is 2.30. The smallest absolute Gasteiger partial charge is 0.254 e. The summed E-state index contributed by atoms with van der Waals surface area (Å²) in [5.41, 5.74) is 2.81. The molecule has 5 nitrogen and oxygen atoms in total. The van der Waals surface area contributed by atoms with Gasteiger partial charge in [0, 0.05) is 54.1 Å². The molecule has 0 radical (unpaired) electrons. The Morgan fingerprint density at radius 2 is 1.81 bits per heavy atom. The van der Waals surface area contributed by atoms with E-state index in [1.165, 1.54) is 0 Å². The van der Waals surface area contributed by atoms with Gasteiger partial charge < -0.3 is 9.88 Å². The van der Waals surface area contributed by atoms with E-state index >= 15 is 0 Å². The Kier molecular flexibility index (Phi) is 4.35. The van der Waals surface area contributed by atoms with E-state index in [1.807, 2.05) is 17.0 Å². The van der Waals surface area contributed by atoms with Crippen molar-refractivity contribution in [2.24, 2.45) is 0 Å². The van der Waals surface area contributed by atoms with Gasteiger partial charge in [-0.3, -0.25) is 14.6 Å². The molecule has 1 N–H and O–H groups in total. The topological polar surface area (TPSA) is 66.1 Å². The van der Waals surface area contributed by atoms with E-state index in [1.54, 1.807) is 55.1 Å². The maximum absolute atomic E-state index is 13.0. The highest BCUT2D eigenvalue weighted by molar-refractivity contribution is 6.09. The number of carbonyl (C=O) groups excluding carboxylic acids is 2. The van der Waals surface area contributed by atoms with Crippen molar-refractivity contribution in [3.8, 4) is 0 Å². The molecule has 2 heterocycles. The minimum atomic E-state index is -0.0559. The van der Waals surface area contributed by atoms with Crippen LogP contribution < -0.4 is 0 Å². The third-order valence-corrected chi connectivity index (χ3v) is 4.58. The molecule has 4 rings (SSSR count). The fourth-order valence-corrected chi connectivity index (χ4v) is 3.00. The number of hydrogen-bond donors (Lipinski definition) is 1. The van der Waals surface area contributed by atoms with Crippen LogP contribution in [0.15, 0.2) is 67.3 Å². The summed E-state index contributed by atoms with van der Waals surface area (Å²) in [6.07, 6.45) is 8.99. The van der Waals surface area contributed by atoms with Crippen LogP contribution >= 0.6 is 0 Å². The molecule has 0 saturated heterocycles. The van der Waals surface area contributed by atoms with Crippen molar-refractivity contribution < 1.29 is 9.59 Å². The molecule has 1 aromatic carbocycles. The zero-order chi connectivity index (χ0) is 17.9. The zero-order valence-corrected chi connectivity index (χ0v) is 14.3. The number of nitrogens with zero attached hydrogens (tertiary/aromatic N) is 2. The Labute approximate surface area is 151 Å². The summed E-state index contributed by atoms with van der Waals surface area (Å²) in [5.74, 6) is -0.0587. The SMILES string of the molecule is O=C(c1ccc(C(=O)N(Cc2cccnc2)C2CC2)cc1)c1cc[nH]c1. The molecule has 0 spiro atoms. The maximum atomic E-state index is 13.0. The molecule has 2 aromatic heterocycles. The van der Waals surface area contributed by atoms with Gasteiger partial charge in [-0.15, -0.1) is 0 Å². The lowest BCUT2D eigenvalue weighted by Gasteiger charge is -2.22. The average molecular weight is 345 g/mol. The van der Waals surface area contributed by atoms with Crippen LogP contribution in [-0.2, 0) is 6.54 Å². The van der Waals surface area contributed by atoms with Crippen molar-refractivity contribution in [2.45, 2.75) is 25.4 Å². The Morgan fingerprint density at radius 1 is 1.04 bits per heavy atom. The number of nitrogens with one attached hydrogen (secondary N) is 1. The van der Waals surface area contributed by atoms with Crippen LogP contribution in [0.3, 0.4) is 0 Å². The highest BCUT2D eigenvalue weighted by atomic mass is 16.2. The van der Waals surface area contributed by atoms with E-state index in [0.29, 0.717) is 29.3 Å². The van der Waals surface area contributed by atoms with Crippen LogP contribution in [0, 0.1) is 0 Å². The number of H-pyrrole nitrogens is 1. The number of aromatic nitrogens is 2. The van der Waals surface area contributed by atoms with Crippen molar-refractivity contribution in [3.63, 3.8) is 0 Å². The predicted molar refractivity (Wildman–Crippen MR) is 97.8 cm³/mol. The Hall–Kier alpha value is -3.21. The maximum Gasteiger partial charge on any atom is 0.254 e. The quantitative estimate of drug-likeness (QED) is 0.696. The van der Waals surface area contributed by atoms with Crippen LogP contribution in [0.25, 0.3) is 0 Å². The largest absolute Gasteiger partial charge is 0.367 e. The van der Waals surface area contributed by atoms with E-state index in [2.05, 4.69) is 9.97 Å². The first-order chi connectivity index (χ1) is 12.7. The summed E-state index contributed by atoms with van der Waals surface area (Å²) < 4.78 is 0. The normalized spacial score (nSPS) is 13.4. The van der Waals surface area contributed by atoms with Gasteiger partial charge in [0.15, 0.2) is 5.78 Å². The second kappa shape index (κ2) is 6.96. The zero-order valence-electron chi connectivity index (χ0n) is 14.3. The predicted octanol–water partition coefficient (Wildman–Crippen LogP) is 3.45. The summed E-state index contributed by atoms with van der Waals surface area (Å²) in [7, 11) is 0. The molecule has 5 heteroatoms. The lowest BCUT2D eigenvalue weighted by molar-refractivity contribution is 0.0729. The molecule has 0 aliphatic heterocycles. The van der Waals surface area contributed by atoms with Gasteiger partial charge in [0.1, 0.15) is 0 Å². The van der Waals surface area contributed by atoms with E-state index < -0.39 is 0 Å². The molecule has 1 aliphatic carbocycles. The Balaban J connectivity index is 1.52. The van der Waals surface area contributed by atoms with Crippen molar-refractivity contribution in [3.05, 3.63) is 89.5 Å². The molecular weight excluding hydrogens is 326 g/mol. The van der Waals surface area contributed by atoms with Gasteiger partial charge in [0.05, 0.1) is 0 Å². The number of amides is 1. The number of rotatable bonds is 6. The molecule has 1 amide bonds. The minimum Gasteiger partial charge on any atom is -0.367 e. The minimum absolute atomic E-state index is 0.00278. The Morgan fingerprint density at radius 3 is 2.42 bits per heavy atom. The first-order valence-electron chi connectivity index (χ1n) is 8.70. The summed E-state index contributed by atoms with van der Waals surface area (Å²) in [6, 6.07) is 12.8. The van der Waals surface area contributed by atoms with Crippen molar-refractivity contribution in [2.75, 3.05) is 0 Å². The number of aromatic amines is 1. The third-order valence-electron chi connectivity index (χ3n) is 4.58. The molecule has 26 heavy (non-hydrogen) atoms. The van der Waals surface area contributed by atoms with Crippen LogP contribution in [0.5, 0.6) is 0 Å². The first kappa shape index (κ1) is 16.3. The summed E-state index contributed by atoms with van der Waals surface area (Å²) >= 11 is 0. The van der Waals surface area contributed by atoms with E-state index in [9.17, 15) is 9.59 Å². The molecule has 130 valence electrons. The molecular formula is C21H19N3O2. The van der Waals surface area contributed by atoms with E-state index in [4.69, 9.17) is 0 Å². The number of benzene rings is 1. The monoisotopic (exact) mass is 345 g/mol. The molecule has 0 atom stereocenters. The van der Waals surface area contributed by atoms with Crippen molar-refractivity contribution >= 4 is 11.7 Å². The van der Waals surface area contributed by atoms with Gasteiger partial charge in [-0.2, -0.15) is 0 Å². The van der Waals surface area contributed by atoms with Crippen molar-refractivity contribution in [1.82, 2.24) is 14.9 Å².